The molecule has 0 N–H and O–H groups in total. The summed E-state index contributed by atoms with van der Waals surface area (Å²) in [5.41, 5.74) is 3.10. The Bertz CT molecular complexity index is 554. The summed E-state index contributed by atoms with van der Waals surface area (Å²) in [6.07, 6.45) is 3.76. The van der Waals surface area contributed by atoms with Crippen molar-refractivity contribution >= 4 is 11.5 Å². The Labute approximate surface area is 114 Å². The molecule has 0 aliphatic carbocycles. The predicted molar refractivity (Wildman–Crippen MR) is 78.8 cm³/mol. The number of anilines is 1. The Morgan fingerprint density at radius 2 is 1.89 bits per heavy atom. The van der Waals surface area contributed by atoms with Crippen LogP contribution in [0.25, 0.3) is 0 Å². The number of nitrogens with zero attached hydrogens (tertiary/aromatic N) is 2. The quantitative estimate of drug-likeness (QED) is 0.768. The molecule has 0 unspecified atom stereocenters. The van der Waals surface area contributed by atoms with E-state index in [4.69, 9.17) is 0 Å². The maximum Gasteiger partial charge on any atom is 0.183 e. The summed E-state index contributed by atoms with van der Waals surface area (Å²) in [5.74, 6) is 0.156. The number of carbonyl (C=O) groups is 1. The summed E-state index contributed by atoms with van der Waals surface area (Å²) in [5, 5.41) is 0. The number of aryl methyl sites for hydroxylation is 2. The second-order valence-corrected chi connectivity index (χ2v) is 4.84. The zero-order valence-corrected chi connectivity index (χ0v) is 11.8. The minimum Gasteiger partial charge on any atom is -0.364 e. The lowest BCUT2D eigenvalue weighted by Gasteiger charge is -2.22. The van der Waals surface area contributed by atoms with E-state index in [0.717, 1.165) is 17.8 Å². The molecule has 100 valence electrons. The van der Waals surface area contributed by atoms with Gasteiger partial charge in [0.1, 0.15) is 0 Å². The fourth-order valence-corrected chi connectivity index (χ4v) is 2.07. The fraction of sp³-hybridized carbons (Fsp3) is 0.312. The van der Waals surface area contributed by atoms with E-state index in [9.17, 15) is 4.79 Å². The van der Waals surface area contributed by atoms with Crippen LogP contribution in [0.1, 0.15) is 22.8 Å². The number of Topliss-reactive ketones (excluding diaryl/α,β-unsaturated/α-hetero) is 1. The van der Waals surface area contributed by atoms with Gasteiger partial charge in [-0.05, 0) is 32.0 Å². The van der Waals surface area contributed by atoms with Crippen molar-refractivity contribution in [3.05, 3.63) is 53.9 Å². The average Bonchev–Trinajstić information content (AvgIpc) is 2.84. The Kier molecular flexibility index (Phi) is 4.05. The molecule has 0 fully saturated rings. The van der Waals surface area contributed by atoms with Crippen molar-refractivity contribution in [3.63, 3.8) is 0 Å². The van der Waals surface area contributed by atoms with E-state index in [0.29, 0.717) is 6.54 Å². The maximum atomic E-state index is 12.2. The van der Waals surface area contributed by atoms with E-state index in [2.05, 4.69) is 43.0 Å². The first-order valence-corrected chi connectivity index (χ1v) is 6.57. The molecule has 0 aliphatic heterocycles. The second kappa shape index (κ2) is 5.74. The van der Waals surface area contributed by atoms with Crippen LogP contribution in [0.15, 0.2) is 42.7 Å². The van der Waals surface area contributed by atoms with E-state index < -0.39 is 0 Å². The van der Waals surface area contributed by atoms with Gasteiger partial charge in [-0.3, -0.25) is 4.79 Å². The number of rotatable bonds is 5. The largest absolute Gasteiger partial charge is 0.364 e. The highest BCUT2D eigenvalue weighted by molar-refractivity contribution is 5.99. The normalized spacial score (nSPS) is 10.5. The topological polar surface area (TPSA) is 25.2 Å². The van der Waals surface area contributed by atoms with Crippen molar-refractivity contribution in [1.82, 2.24) is 4.57 Å². The molecule has 1 aromatic carbocycles. The van der Waals surface area contributed by atoms with Crippen molar-refractivity contribution in [2.45, 2.75) is 13.8 Å². The molecular formula is C16H20N2O. The van der Waals surface area contributed by atoms with Crippen molar-refractivity contribution in [2.24, 2.45) is 7.05 Å². The fourth-order valence-electron chi connectivity index (χ4n) is 2.07. The van der Waals surface area contributed by atoms with Crippen molar-refractivity contribution in [1.29, 1.82) is 0 Å². The van der Waals surface area contributed by atoms with Gasteiger partial charge >= 0.3 is 0 Å². The highest BCUT2D eigenvalue weighted by Gasteiger charge is 2.12. The molecule has 0 radical (unpaired) electrons. The lowest BCUT2D eigenvalue weighted by molar-refractivity contribution is 0.0999. The van der Waals surface area contributed by atoms with Gasteiger partial charge in [-0.25, -0.2) is 0 Å². The summed E-state index contributed by atoms with van der Waals surface area (Å²) in [4.78, 5) is 14.3. The van der Waals surface area contributed by atoms with Crippen LogP contribution in [0.5, 0.6) is 0 Å². The third-order valence-corrected chi connectivity index (χ3v) is 3.27. The predicted octanol–water partition coefficient (Wildman–Crippen LogP) is 3.04. The number of benzene rings is 1. The zero-order chi connectivity index (χ0) is 13.8. The van der Waals surface area contributed by atoms with Gasteiger partial charge in [0.05, 0.1) is 6.54 Å². The number of carbonyl (C=O) groups excluding carboxylic acids is 1. The minimum absolute atomic E-state index is 0.156. The Morgan fingerprint density at radius 3 is 2.42 bits per heavy atom. The van der Waals surface area contributed by atoms with Crippen LogP contribution >= 0.6 is 0 Å². The Balaban J connectivity index is 2.11. The van der Waals surface area contributed by atoms with Crippen molar-refractivity contribution in [3.8, 4) is 0 Å². The van der Waals surface area contributed by atoms with Gasteiger partial charge in [-0.15, -0.1) is 0 Å². The van der Waals surface area contributed by atoms with Gasteiger partial charge in [-0.2, -0.15) is 0 Å². The number of hydrogen-bond donors (Lipinski definition) is 0. The molecule has 1 aromatic heterocycles. The summed E-state index contributed by atoms with van der Waals surface area (Å²) in [7, 11) is 1.92. The van der Waals surface area contributed by atoms with Crippen LogP contribution in [0.2, 0.25) is 0 Å². The summed E-state index contributed by atoms with van der Waals surface area (Å²) in [6.45, 7) is 5.37. The second-order valence-electron chi connectivity index (χ2n) is 4.84. The summed E-state index contributed by atoms with van der Waals surface area (Å²) >= 11 is 0. The number of aromatic nitrogens is 1. The van der Waals surface area contributed by atoms with Crippen LogP contribution in [-0.4, -0.2) is 23.4 Å². The minimum atomic E-state index is 0.156. The van der Waals surface area contributed by atoms with Crippen molar-refractivity contribution < 1.29 is 4.79 Å². The third kappa shape index (κ3) is 3.25. The summed E-state index contributed by atoms with van der Waals surface area (Å²) in [6, 6.07) is 10.1. The maximum absolute atomic E-state index is 12.2. The molecule has 3 nitrogen and oxygen atoms in total. The van der Waals surface area contributed by atoms with Gasteiger partial charge in [0.25, 0.3) is 0 Å². The molecule has 19 heavy (non-hydrogen) atoms. The molecule has 3 heteroatoms. The standard InChI is InChI=1S/C16H20N2O/c1-4-18(15-7-5-13(2)6-8-15)12-16(19)14-9-10-17(3)11-14/h5-11H,4,12H2,1-3H3. The molecule has 0 spiro atoms. The third-order valence-electron chi connectivity index (χ3n) is 3.27. The Morgan fingerprint density at radius 1 is 1.21 bits per heavy atom. The van der Waals surface area contributed by atoms with Crippen LogP contribution in [0.4, 0.5) is 5.69 Å². The van der Waals surface area contributed by atoms with Gasteiger partial charge < -0.3 is 9.47 Å². The first-order valence-electron chi connectivity index (χ1n) is 6.57. The zero-order valence-electron chi connectivity index (χ0n) is 11.8. The molecule has 0 saturated heterocycles. The number of likely N-dealkylation sites (N-methyl/N-ethyl adjacent to an activating group) is 1. The molecule has 0 aliphatic rings. The van der Waals surface area contributed by atoms with Gasteiger partial charge in [-0.1, -0.05) is 17.7 Å². The number of ketones is 1. The van der Waals surface area contributed by atoms with Crippen molar-refractivity contribution in [2.75, 3.05) is 18.0 Å². The van der Waals surface area contributed by atoms with Crippen LogP contribution in [-0.2, 0) is 7.05 Å². The van der Waals surface area contributed by atoms with Gasteiger partial charge in [0.15, 0.2) is 5.78 Å². The lowest BCUT2D eigenvalue weighted by atomic mass is 10.1. The van der Waals surface area contributed by atoms with Crippen LogP contribution in [0.3, 0.4) is 0 Å². The summed E-state index contributed by atoms with van der Waals surface area (Å²) < 4.78 is 1.90. The molecule has 0 amide bonds. The highest BCUT2D eigenvalue weighted by Crippen LogP contribution is 2.15. The molecule has 2 rings (SSSR count). The van der Waals surface area contributed by atoms with E-state index in [-0.39, 0.29) is 5.78 Å². The molecular weight excluding hydrogens is 236 g/mol. The molecule has 1 heterocycles. The number of hydrogen-bond acceptors (Lipinski definition) is 2. The van der Waals surface area contributed by atoms with E-state index in [1.807, 2.05) is 30.1 Å². The van der Waals surface area contributed by atoms with E-state index in [1.165, 1.54) is 5.56 Å². The van der Waals surface area contributed by atoms with E-state index >= 15 is 0 Å². The molecule has 0 saturated carbocycles. The smallest absolute Gasteiger partial charge is 0.183 e. The Hall–Kier alpha value is -2.03. The van der Waals surface area contributed by atoms with Gasteiger partial charge in [0.2, 0.25) is 0 Å². The average molecular weight is 256 g/mol. The SMILES string of the molecule is CCN(CC(=O)c1ccn(C)c1)c1ccc(C)cc1. The van der Waals surface area contributed by atoms with Crippen LogP contribution in [0, 0.1) is 6.92 Å². The van der Waals surface area contributed by atoms with Gasteiger partial charge in [0, 0.05) is 37.2 Å². The molecule has 0 bridgehead atoms. The van der Waals surface area contributed by atoms with Crippen LogP contribution < -0.4 is 4.90 Å². The monoisotopic (exact) mass is 256 g/mol. The first-order chi connectivity index (χ1) is 9.10. The van der Waals surface area contributed by atoms with E-state index in [1.54, 1.807) is 0 Å². The molecule has 2 aromatic rings. The lowest BCUT2D eigenvalue weighted by Crippen LogP contribution is -2.29. The molecule has 0 atom stereocenters. The first kappa shape index (κ1) is 13.4. The highest BCUT2D eigenvalue weighted by atomic mass is 16.1.